The van der Waals surface area contributed by atoms with E-state index in [0.29, 0.717) is 21.8 Å². The van der Waals surface area contributed by atoms with Crippen molar-refractivity contribution in [3.63, 3.8) is 0 Å². The summed E-state index contributed by atoms with van der Waals surface area (Å²) in [4.78, 5) is 16.7. The van der Waals surface area contributed by atoms with Gasteiger partial charge in [-0.2, -0.15) is 5.26 Å². The van der Waals surface area contributed by atoms with Crippen LogP contribution in [0.15, 0.2) is 53.7 Å². The number of nitriles is 1. The number of rotatable bonds is 5. The number of nitrogens with one attached hydrogen (secondary N) is 1. The number of amides is 1. The molecule has 0 spiro atoms. The smallest absolute Gasteiger partial charge is 0.265 e. The van der Waals surface area contributed by atoms with E-state index in [2.05, 4.69) is 10.5 Å². The molecule has 1 amide bonds. The summed E-state index contributed by atoms with van der Waals surface area (Å²) >= 11 is 5.85. The lowest BCUT2D eigenvalue weighted by Gasteiger charge is -2.05. The van der Waals surface area contributed by atoms with Crippen molar-refractivity contribution in [2.45, 2.75) is 0 Å². The molecule has 0 aliphatic heterocycles. The molecule has 0 fully saturated rings. The van der Waals surface area contributed by atoms with Crippen LogP contribution in [0.3, 0.4) is 0 Å². The first kappa shape index (κ1) is 16.3. The largest absolute Gasteiger partial charge is 0.384 e. The van der Waals surface area contributed by atoms with Gasteiger partial charge in [0.15, 0.2) is 12.4 Å². The molecule has 0 bridgehead atoms. The van der Waals surface area contributed by atoms with Crippen LogP contribution in [-0.4, -0.2) is 18.3 Å². The number of carbonyl (C=O) groups excluding carboxylic acids is 1. The summed E-state index contributed by atoms with van der Waals surface area (Å²) in [6.07, 6.45) is 0. The van der Waals surface area contributed by atoms with Crippen LogP contribution in [0.25, 0.3) is 0 Å². The number of nitrogens with zero attached hydrogens (tertiary/aromatic N) is 2. The highest BCUT2D eigenvalue weighted by Gasteiger charge is 2.05. The van der Waals surface area contributed by atoms with Gasteiger partial charge < -0.3 is 15.9 Å². The zero-order valence-corrected chi connectivity index (χ0v) is 12.7. The third kappa shape index (κ3) is 5.02. The molecule has 7 heteroatoms. The van der Waals surface area contributed by atoms with Crippen LogP contribution >= 0.6 is 11.6 Å². The quantitative estimate of drug-likeness (QED) is 0.500. The van der Waals surface area contributed by atoms with Crippen LogP contribution < -0.4 is 11.1 Å². The average molecular weight is 329 g/mol. The molecule has 6 nitrogen and oxygen atoms in total. The Hall–Kier alpha value is -3.04. The molecule has 0 saturated carbocycles. The molecule has 3 N–H and O–H groups in total. The number of hydrogen-bond donors (Lipinski definition) is 2. The zero-order chi connectivity index (χ0) is 16.7. The number of amidine groups is 1. The minimum absolute atomic E-state index is 0.117. The fourth-order valence-electron chi connectivity index (χ4n) is 1.72. The van der Waals surface area contributed by atoms with Gasteiger partial charge >= 0.3 is 0 Å². The first-order valence-electron chi connectivity index (χ1n) is 6.60. The first-order valence-corrected chi connectivity index (χ1v) is 6.97. The molecule has 0 heterocycles. The molecule has 0 aliphatic rings. The molecule has 0 aromatic heterocycles. The number of halogens is 1. The van der Waals surface area contributed by atoms with E-state index in [0.717, 1.165) is 0 Å². The van der Waals surface area contributed by atoms with Gasteiger partial charge in [-0.3, -0.25) is 4.79 Å². The number of nitrogens with two attached hydrogens (primary N) is 1. The molecule has 0 saturated heterocycles. The van der Waals surface area contributed by atoms with Gasteiger partial charge in [0.1, 0.15) is 0 Å². The van der Waals surface area contributed by atoms with Crippen molar-refractivity contribution in [2.24, 2.45) is 10.9 Å². The molecule has 0 aliphatic carbocycles. The van der Waals surface area contributed by atoms with Gasteiger partial charge in [-0.25, -0.2) is 0 Å². The molecule has 2 aromatic carbocycles. The second-order valence-electron chi connectivity index (χ2n) is 4.50. The van der Waals surface area contributed by atoms with Crippen molar-refractivity contribution in [1.29, 1.82) is 5.26 Å². The van der Waals surface area contributed by atoms with E-state index in [1.165, 1.54) is 0 Å². The minimum Gasteiger partial charge on any atom is -0.384 e. The molecular formula is C16H13ClN4O2. The molecule has 2 aromatic rings. The summed E-state index contributed by atoms with van der Waals surface area (Å²) in [6, 6.07) is 15.3. The number of benzene rings is 2. The summed E-state index contributed by atoms with van der Waals surface area (Å²) in [6.45, 7) is -0.307. The Balaban J connectivity index is 1.89. The van der Waals surface area contributed by atoms with E-state index >= 15 is 0 Å². The Labute approximate surface area is 138 Å². The summed E-state index contributed by atoms with van der Waals surface area (Å²) in [5, 5.41) is 15.6. The number of oxime groups is 1. The van der Waals surface area contributed by atoms with E-state index in [1.807, 2.05) is 6.07 Å². The van der Waals surface area contributed by atoms with Crippen LogP contribution in [-0.2, 0) is 9.63 Å². The normalized spacial score (nSPS) is 10.7. The minimum atomic E-state index is -0.414. The highest BCUT2D eigenvalue weighted by atomic mass is 35.5. The van der Waals surface area contributed by atoms with Gasteiger partial charge in [-0.15, -0.1) is 0 Å². The Bertz CT molecular complexity index is 784. The van der Waals surface area contributed by atoms with Crippen LogP contribution in [0.2, 0.25) is 5.02 Å². The van der Waals surface area contributed by atoms with Gasteiger partial charge in [0, 0.05) is 16.3 Å². The van der Waals surface area contributed by atoms with Crippen molar-refractivity contribution < 1.29 is 9.63 Å². The molecular weight excluding hydrogens is 316 g/mol. The molecule has 0 radical (unpaired) electrons. The molecule has 0 unspecified atom stereocenters. The highest BCUT2D eigenvalue weighted by molar-refractivity contribution is 6.31. The van der Waals surface area contributed by atoms with Crippen molar-refractivity contribution in [3.8, 4) is 6.07 Å². The molecule has 0 atom stereocenters. The van der Waals surface area contributed by atoms with Crippen molar-refractivity contribution in [2.75, 3.05) is 11.9 Å². The van der Waals surface area contributed by atoms with Crippen molar-refractivity contribution >= 4 is 29.0 Å². The summed E-state index contributed by atoms with van der Waals surface area (Å²) in [5.41, 5.74) is 7.29. The first-order chi connectivity index (χ1) is 11.1. The predicted molar refractivity (Wildman–Crippen MR) is 87.9 cm³/mol. The fourth-order valence-corrected chi connectivity index (χ4v) is 1.91. The second-order valence-corrected chi connectivity index (χ2v) is 4.94. The summed E-state index contributed by atoms with van der Waals surface area (Å²) in [5.74, 6) is -0.297. The van der Waals surface area contributed by atoms with Gasteiger partial charge in [0.25, 0.3) is 5.91 Å². The van der Waals surface area contributed by atoms with Crippen LogP contribution in [0, 0.1) is 11.3 Å². The third-order valence-electron chi connectivity index (χ3n) is 2.75. The molecule has 116 valence electrons. The van der Waals surface area contributed by atoms with E-state index < -0.39 is 5.91 Å². The Morgan fingerprint density at radius 1 is 1.30 bits per heavy atom. The highest BCUT2D eigenvalue weighted by Crippen LogP contribution is 2.11. The standard InChI is InChI=1S/C16H13ClN4O2/c17-13-5-2-4-12(8-13)16(19)21-23-10-15(22)20-14-6-1-3-11(7-14)9-18/h1-8H,10H2,(H2,19,21)(H,20,22). The van der Waals surface area contributed by atoms with E-state index in [1.54, 1.807) is 48.5 Å². The van der Waals surface area contributed by atoms with Crippen molar-refractivity contribution in [3.05, 3.63) is 64.7 Å². The lowest BCUT2D eigenvalue weighted by atomic mass is 10.2. The SMILES string of the molecule is N#Cc1cccc(NC(=O)CO/N=C(/N)c2cccc(Cl)c2)c1. The predicted octanol–water partition coefficient (Wildman–Crippen LogP) is 2.49. The maximum atomic E-state index is 11.7. The Kier molecular flexibility index (Phi) is 5.56. The Morgan fingerprint density at radius 3 is 2.83 bits per heavy atom. The Morgan fingerprint density at radius 2 is 2.09 bits per heavy atom. The molecule has 23 heavy (non-hydrogen) atoms. The van der Waals surface area contributed by atoms with Crippen molar-refractivity contribution in [1.82, 2.24) is 0 Å². The van der Waals surface area contributed by atoms with E-state index in [-0.39, 0.29) is 12.4 Å². The second kappa shape index (κ2) is 7.82. The zero-order valence-electron chi connectivity index (χ0n) is 12.0. The number of carbonyl (C=O) groups is 1. The topological polar surface area (TPSA) is 100 Å². The monoisotopic (exact) mass is 328 g/mol. The van der Waals surface area contributed by atoms with Gasteiger partial charge in [0.05, 0.1) is 11.6 Å². The maximum absolute atomic E-state index is 11.7. The van der Waals surface area contributed by atoms with Gasteiger partial charge in [0.2, 0.25) is 0 Å². The number of hydrogen-bond acceptors (Lipinski definition) is 4. The lowest BCUT2D eigenvalue weighted by molar-refractivity contribution is -0.120. The van der Waals surface area contributed by atoms with Gasteiger partial charge in [-0.05, 0) is 30.3 Å². The number of anilines is 1. The van der Waals surface area contributed by atoms with Crippen LogP contribution in [0.5, 0.6) is 0 Å². The summed E-state index contributed by atoms with van der Waals surface area (Å²) in [7, 11) is 0. The third-order valence-corrected chi connectivity index (χ3v) is 2.99. The van der Waals surface area contributed by atoms with Gasteiger partial charge in [-0.1, -0.05) is 35.0 Å². The summed E-state index contributed by atoms with van der Waals surface area (Å²) < 4.78 is 0. The van der Waals surface area contributed by atoms with E-state index in [4.69, 9.17) is 27.4 Å². The van der Waals surface area contributed by atoms with Crippen LogP contribution in [0.1, 0.15) is 11.1 Å². The lowest BCUT2D eigenvalue weighted by Crippen LogP contribution is -2.19. The van der Waals surface area contributed by atoms with Crippen LogP contribution in [0.4, 0.5) is 5.69 Å². The molecule has 2 rings (SSSR count). The van der Waals surface area contributed by atoms with E-state index in [9.17, 15) is 4.79 Å². The maximum Gasteiger partial charge on any atom is 0.265 e. The average Bonchev–Trinajstić information content (AvgIpc) is 2.55. The fraction of sp³-hybridized carbons (Fsp3) is 0.0625.